The molecule has 0 radical (unpaired) electrons. The van der Waals surface area contributed by atoms with E-state index in [1.54, 1.807) is 36.5 Å². The molecule has 6 heteroatoms. The van der Waals surface area contributed by atoms with Crippen molar-refractivity contribution in [3.63, 3.8) is 0 Å². The van der Waals surface area contributed by atoms with Crippen LogP contribution in [0.3, 0.4) is 0 Å². The fourth-order valence-corrected chi connectivity index (χ4v) is 4.05. The number of fused-ring (bicyclic) bond motifs is 1. The molecule has 4 rings (SSSR count). The van der Waals surface area contributed by atoms with Gasteiger partial charge in [-0.1, -0.05) is 26.0 Å². The predicted octanol–water partition coefficient (Wildman–Crippen LogP) is 5.67. The lowest BCUT2D eigenvalue weighted by Crippen LogP contribution is -2.04. The number of aromatic carboxylic acids is 1. The van der Waals surface area contributed by atoms with Crippen molar-refractivity contribution in [2.45, 2.75) is 26.7 Å². The number of hydrogen-bond acceptors (Lipinski definition) is 5. The molecule has 0 amide bonds. The number of hydrogen-bond donors (Lipinski definition) is 3. The number of aromatic nitrogens is 2. The number of nitrogens with zero attached hydrogens (tertiary/aromatic N) is 2. The van der Waals surface area contributed by atoms with Gasteiger partial charge in [0.15, 0.2) is 0 Å². The maximum Gasteiger partial charge on any atom is 0.335 e. The van der Waals surface area contributed by atoms with E-state index in [9.17, 15) is 9.90 Å². The van der Waals surface area contributed by atoms with Crippen molar-refractivity contribution in [3.05, 3.63) is 77.1 Å². The Balaban J connectivity index is 2.14. The van der Waals surface area contributed by atoms with Gasteiger partial charge in [-0.2, -0.15) is 0 Å². The molecule has 0 saturated carbocycles. The summed E-state index contributed by atoms with van der Waals surface area (Å²) in [5.74, 6) is -0.836. The van der Waals surface area contributed by atoms with Gasteiger partial charge in [0.25, 0.3) is 0 Å². The maximum absolute atomic E-state index is 11.3. The summed E-state index contributed by atoms with van der Waals surface area (Å²) in [4.78, 5) is 20.6. The Bertz CT molecular complexity index is 1360. The lowest BCUT2D eigenvalue weighted by molar-refractivity contribution is 0.0697. The number of nitrogens with one attached hydrogen (secondary N) is 1. The molecule has 160 valence electrons. The first kappa shape index (κ1) is 21.2. The second-order valence-corrected chi connectivity index (χ2v) is 8.11. The number of anilines is 1. The summed E-state index contributed by atoms with van der Waals surface area (Å²) in [7, 11) is 0. The monoisotopic (exact) mass is 424 g/mol. The van der Waals surface area contributed by atoms with Crippen LogP contribution in [0, 0.1) is 12.3 Å². The Hall–Kier alpha value is -4.06. The molecule has 0 saturated heterocycles. The van der Waals surface area contributed by atoms with Crippen LogP contribution < -0.4 is 5.73 Å². The van der Waals surface area contributed by atoms with E-state index in [4.69, 9.17) is 16.1 Å². The Kier molecular flexibility index (Phi) is 5.45. The van der Waals surface area contributed by atoms with Crippen LogP contribution in [-0.4, -0.2) is 27.3 Å². The van der Waals surface area contributed by atoms with Crippen LogP contribution in [0.5, 0.6) is 0 Å². The summed E-state index contributed by atoms with van der Waals surface area (Å²) in [6.45, 7) is 6.18. The lowest BCUT2D eigenvalue weighted by Gasteiger charge is -2.21. The minimum atomic E-state index is -0.966. The third-order valence-electron chi connectivity index (χ3n) is 5.55. The molecule has 2 aromatic heterocycles. The number of carboxylic acid groups (broad SMARTS) is 1. The van der Waals surface area contributed by atoms with Gasteiger partial charge >= 0.3 is 5.97 Å². The molecule has 0 atom stereocenters. The first-order valence-corrected chi connectivity index (χ1v) is 10.3. The lowest BCUT2D eigenvalue weighted by atomic mass is 9.86. The van der Waals surface area contributed by atoms with Crippen molar-refractivity contribution in [1.82, 2.24) is 9.97 Å². The number of aryl methyl sites for hydroxylation is 1. The predicted molar refractivity (Wildman–Crippen MR) is 128 cm³/mol. The molecule has 0 aliphatic rings. The SMILES string of the molecule is Cc1cc(-c2c(C(C)C)c(-c3ccc(C(=O)O)cc3)nc3cc(N)c(C=N)cc23)ccn1. The van der Waals surface area contributed by atoms with E-state index >= 15 is 0 Å². The zero-order chi connectivity index (χ0) is 23.0. The molecular formula is C26H24N4O2. The number of nitrogen functional groups attached to an aromatic ring is 1. The number of benzene rings is 2. The minimum Gasteiger partial charge on any atom is -0.478 e. The Labute approximate surface area is 186 Å². The smallest absolute Gasteiger partial charge is 0.335 e. The highest BCUT2D eigenvalue weighted by molar-refractivity contribution is 6.04. The number of rotatable bonds is 5. The standard InChI is InChI=1S/C26H24N4O2/c1-14(2)23-24(18-8-9-29-15(3)10-18)20-11-19(13-27)21(28)12-22(20)30-25(23)16-4-6-17(7-5-16)26(31)32/h4-14,27H,28H2,1-3H3,(H,31,32). The molecule has 0 bridgehead atoms. The minimum absolute atomic E-state index is 0.130. The molecule has 0 spiro atoms. The summed E-state index contributed by atoms with van der Waals surface area (Å²) >= 11 is 0. The molecule has 0 aliphatic carbocycles. The molecule has 4 aromatic rings. The zero-order valence-electron chi connectivity index (χ0n) is 18.2. The molecule has 4 N–H and O–H groups in total. The Morgan fingerprint density at radius 2 is 1.81 bits per heavy atom. The average molecular weight is 425 g/mol. The van der Waals surface area contributed by atoms with Gasteiger partial charge in [-0.05, 0) is 65.9 Å². The zero-order valence-corrected chi connectivity index (χ0v) is 18.2. The summed E-state index contributed by atoms with van der Waals surface area (Å²) in [6.07, 6.45) is 3.04. The quantitative estimate of drug-likeness (QED) is 0.282. The maximum atomic E-state index is 11.3. The van der Waals surface area contributed by atoms with E-state index in [2.05, 4.69) is 18.8 Å². The Morgan fingerprint density at radius 1 is 1.09 bits per heavy atom. The van der Waals surface area contributed by atoms with Crippen LogP contribution in [0.4, 0.5) is 5.69 Å². The fraction of sp³-hybridized carbons (Fsp3) is 0.154. The Morgan fingerprint density at radius 3 is 2.41 bits per heavy atom. The van der Waals surface area contributed by atoms with E-state index in [0.717, 1.165) is 44.5 Å². The van der Waals surface area contributed by atoms with Gasteiger partial charge in [0.05, 0.1) is 16.8 Å². The van der Waals surface area contributed by atoms with Gasteiger partial charge in [0.2, 0.25) is 0 Å². The topological polar surface area (TPSA) is 113 Å². The number of carboxylic acids is 1. The van der Waals surface area contributed by atoms with E-state index in [1.807, 2.05) is 25.1 Å². The molecule has 0 unspecified atom stereocenters. The van der Waals surface area contributed by atoms with Gasteiger partial charge in [-0.25, -0.2) is 9.78 Å². The van der Waals surface area contributed by atoms with Crippen LogP contribution >= 0.6 is 0 Å². The van der Waals surface area contributed by atoms with Crippen LogP contribution in [0.25, 0.3) is 33.3 Å². The highest BCUT2D eigenvalue weighted by atomic mass is 16.4. The van der Waals surface area contributed by atoms with Crippen LogP contribution in [0.2, 0.25) is 0 Å². The van der Waals surface area contributed by atoms with Gasteiger partial charge in [0.1, 0.15) is 0 Å². The largest absolute Gasteiger partial charge is 0.478 e. The van der Waals surface area contributed by atoms with Gasteiger partial charge in [-0.15, -0.1) is 0 Å². The van der Waals surface area contributed by atoms with Crippen LogP contribution in [0.1, 0.15) is 46.9 Å². The molecule has 6 nitrogen and oxygen atoms in total. The highest BCUT2D eigenvalue weighted by Crippen LogP contribution is 2.41. The van der Waals surface area contributed by atoms with Crippen LogP contribution in [-0.2, 0) is 0 Å². The normalized spacial score (nSPS) is 11.1. The first-order chi connectivity index (χ1) is 15.3. The van der Waals surface area contributed by atoms with Crippen molar-refractivity contribution < 1.29 is 9.90 Å². The summed E-state index contributed by atoms with van der Waals surface area (Å²) in [5.41, 5.74) is 13.9. The van der Waals surface area contributed by atoms with Crippen molar-refractivity contribution in [1.29, 1.82) is 5.41 Å². The number of nitrogens with two attached hydrogens (primary N) is 1. The van der Waals surface area contributed by atoms with E-state index in [1.165, 1.54) is 6.21 Å². The summed E-state index contributed by atoms with van der Waals surface area (Å²) in [6, 6.07) is 14.5. The van der Waals surface area contributed by atoms with Crippen molar-refractivity contribution >= 4 is 28.8 Å². The third-order valence-corrected chi connectivity index (χ3v) is 5.55. The van der Waals surface area contributed by atoms with Crippen molar-refractivity contribution in [3.8, 4) is 22.4 Å². The summed E-state index contributed by atoms with van der Waals surface area (Å²) in [5, 5.41) is 17.9. The van der Waals surface area contributed by atoms with E-state index in [-0.39, 0.29) is 11.5 Å². The first-order valence-electron chi connectivity index (χ1n) is 10.3. The van der Waals surface area contributed by atoms with Crippen molar-refractivity contribution in [2.75, 3.05) is 5.73 Å². The average Bonchev–Trinajstić information content (AvgIpc) is 2.77. The van der Waals surface area contributed by atoms with Crippen molar-refractivity contribution in [2.24, 2.45) is 0 Å². The van der Waals surface area contributed by atoms with E-state index in [0.29, 0.717) is 11.3 Å². The highest BCUT2D eigenvalue weighted by Gasteiger charge is 2.21. The van der Waals surface area contributed by atoms with Gasteiger partial charge in [0, 0.05) is 40.3 Å². The second-order valence-electron chi connectivity index (χ2n) is 8.11. The molecular weight excluding hydrogens is 400 g/mol. The fourth-order valence-electron chi connectivity index (χ4n) is 4.05. The molecule has 32 heavy (non-hydrogen) atoms. The molecule has 2 aromatic carbocycles. The number of pyridine rings is 2. The summed E-state index contributed by atoms with van der Waals surface area (Å²) < 4.78 is 0. The van der Waals surface area contributed by atoms with Gasteiger partial charge in [-0.3, -0.25) is 4.98 Å². The number of carbonyl (C=O) groups is 1. The van der Waals surface area contributed by atoms with Gasteiger partial charge < -0.3 is 16.2 Å². The molecule has 0 aliphatic heterocycles. The third kappa shape index (κ3) is 3.71. The second kappa shape index (κ2) is 8.23. The molecule has 2 heterocycles. The molecule has 0 fully saturated rings. The van der Waals surface area contributed by atoms with Crippen LogP contribution in [0.15, 0.2) is 54.7 Å². The van der Waals surface area contributed by atoms with E-state index < -0.39 is 5.97 Å².